The molecule has 0 aliphatic carbocycles. The van der Waals surface area contributed by atoms with Gasteiger partial charge >= 0.3 is 0 Å². The minimum Gasteiger partial charge on any atom is -0.508 e. The van der Waals surface area contributed by atoms with Crippen molar-refractivity contribution in [1.29, 1.82) is 0 Å². The van der Waals surface area contributed by atoms with E-state index in [1.807, 2.05) is 6.92 Å². The van der Waals surface area contributed by atoms with Crippen molar-refractivity contribution in [2.24, 2.45) is 0 Å². The molecule has 1 fully saturated rings. The van der Waals surface area contributed by atoms with Crippen molar-refractivity contribution in [3.8, 4) is 5.75 Å². The molecular weight excluding hydrogens is 225 g/mol. The van der Waals surface area contributed by atoms with E-state index in [0.717, 1.165) is 12.5 Å². The van der Waals surface area contributed by atoms with Crippen LogP contribution in [0.4, 0.5) is 4.39 Å². The first-order valence-corrected chi connectivity index (χ1v) is 5.49. The van der Waals surface area contributed by atoms with Crippen LogP contribution in [0.5, 0.6) is 5.75 Å². The van der Waals surface area contributed by atoms with E-state index in [9.17, 15) is 9.18 Å². The summed E-state index contributed by atoms with van der Waals surface area (Å²) in [6.07, 6.45) is 0.672. The molecule has 5 heteroatoms. The van der Waals surface area contributed by atoms with E-state index in [2.05, 4.69) is 5.32 Å². The number of amides is 1. The van der Waals surface area contributed by atoms with Crippen molar-refractivity contribution in [1.82, 2.24) is 5.32 Å². The van der Waals surface area contributed by atoms with Crippen LogP contribution in [0, 0.1) is 5.82 Å². The van der Waals surface area contributed by atoms with Crippen LogP contribution in [0.1, 0.15) is 23.7 Å². The monoisotopic (exact) mass is 239 g/mol. The lowest BCUT2D eigenvalue weighted by Crippen LogP contribution is -2.39. The zero-order valence-electron chi connectivity index (χ0n) is 9.44. The molecule has 0 saturated carbocycles. The van der Waals surface area contributed by atoms with Gasteiger partial charge in [0, 0.05) is 12.7 Å². The van der Waals surface area contributed by atoms with Crippen LogP contribution in [0.25, 0.3) is 0 Å². The minimum atomic E-state index is -0.728. The summed E-state index contributed by atoms with van der Waals surface area (Å²) in [5.74, 6) is -1.41. The van der Waals surface area contributed by atoms with Crippen LogP contribution in [0.15, 0.2) is 18.2 Å². The Balaban J connectivity index is 2.09. The van der Waals surface area contributed by atoms with Crippen molar-refractivity contribution < 1.29 is 19.0 Å². The number of hydrogen-bond acceptors (Lipinski definition) is 3. The van der Waals surface area contributed by atoms with Crippen LogP contribution in [-0.2, 0) is 4.74 Å². The quantitative estimate of drug-likeness (QED) is 0.821. The van der Waals surface area contributed by atoms with E-state index in [1.54, 1.807) is 0 Å². The van der Waals surface area contributed by atoms with Crippen LogP contribution < -0.4 is 5.32 Å². The summed E-state index contributed by atoms with van der Waals surface area (Å²) in [5.41, 5.74) is -0.0677. The Morgan fingerprint density at radius 1 is 1.59 bits per heavy atom. The van der Waals surface area contributed by atoms with E-state index in [4.69, 9.17) is 9.84 Å². The Bertz CT molecular complexity index is 436. The fraction of sp³-hybridized carbons (Fsp3) is 0.417. The summed E-state index contributed by atoms with van der Waals surface area (Å²) in [7, 11) is 0. The molecule has 1 amide bonds. The number of phenols is 1. The number of phenolic OH excluding ortho intramolecular Hbond substituents is 1. The largest absolute Gasteiger partial charge is 0.508 e. The first-order valence-electron chi connectivity index (χ1n) is 5.49. The number of halogens is 1. The van der Waals surface area contributed by atoms with Gasteiger partial charge in [0.15, 0.2) is 0 Å². The highest BCUT2D eigenvalue weighted by Crippen LogP contribution is 2.17. The van der Waals surface area contributed by atoms with Gasteiger partial charge in [-0.25, -0.2) is 4.39 Å². The second kappa shape index (κ2) is 4.71. The molecule has 1 aromatic rings. The van der Waals surface area contributed by atoms with E-state index in [1.165, 1.54) is 12.1 Å². The molecule has 1 aliphatic rings. The van der Waals surface area contributed by atoms with Gasteiger partial charge in [0.2, 0.25) is 0 Å². The summed E-state index contributed by atoms with van der Waals surface area (Å²) in [5, 5.41) is 11.8. The second-order valence-electron chi connectivity index (χ2n) is 4.11. The highest BCUT2D eigenvalue weighted by atomic mass is 19.1. The fourth-order valence-corrected chi connectivity index (χ4v) is 1.86. The van der Waals surface area contributed by atoms with Gasteiger partial charge in [-0.1, -0.05) is 0 Å². The van der Waals surface area contributed by atoms with Gasteiger partial charge in [0.1, 0.15) is 11.6 Å². The number of hydrogen-bond donors (Lipinski definition) is 2. The summed E-state index contributed by atoms with van der Waals surface area (Å²) in [6, 6.07) is 3.38. The minimum absolute atomic E-state index is 0.0564. The van der Waals surface area contributed by atoms with Crippen molar-refractivity contribution in [2.75, 3.05) is 6.61 Å². The van der Waals surface area contributed by atoms with Crippen LogP contribution >= 0.6 is 0 Å². The maximum absolute atomic E-state index is 13.4. The molecule has 0 radical (unpaired) electrons. The fourth-order valence-electron chi connectivity index (χ4n) is 1.86. The Morgan fingerprint density at radius 3 is 2.94 bits per heavy atom. The predicted molar refractivity (Wildman–Crippen MR) is 59.4 cm³/mol. The first kappa shape index (κ1) is 11.9. The molecular formula is C12H14FNO3. The number of benzene rings is 1. The number of nitrogens with one attached hydrogen (secondary N) is 1. The molecule has 2 atom stereocenters. The average Bonchev–Trinajstić information content (AvgIpc) is 2.64. The third-order valence-corrected chi connectivity index (χ3v) is 2.89. The molecule has 1 aliphatic heterocycles. The molecule has 0 unspecified atom stereocenters. The van der Waals surface area contributed by atoms with Crippen molar-refractivity contribution in [2.45, 2.75) is 25.5 Å². The normalized spacial score (nSPS) is 23.6. The lowest BCUT2D eigenvalue weighted by Gasteiger charge is -2.16. The topological polar surface area (TPSA) is 58.6 Å². The average molecular weight is 239 g/mol. The van der Waals surface area contributed by atoms with Gasteiger partial charge in [0.25, 0.3) is 5.91 Å². The summed E-state index contributed by atoms with van der Waals surface area (Å²) >= 11 is 0. The molecule has 1 heterocycles. The van der Waals surface area contributed by atoms with Gasteiger partial charge in [-0.3, -0.25) is 4.79 Å². The van der Waals surface area contributed by atoms with E-state index in [-0.39, 0.29) is 23.5 Å². The Kier molecular flexibility index (Phi) is 3.28. The maximum atomic E-state index is 13.4. The Morgan fingerprint density at radius 2 is 2.35 bits per heavy atom. The zero-order valence-corrected chi connectivity index (χ0v) is 9.44. The van der Waals surface area contributed by atoms with Crippen molar-refractivity contribution in [3.05, 3.63) is 29.6 Å². The number of aromatic hydroxyl groups is 1. The SMILES string of the molecule is C[C@@H]1OCC[C@@H]1NC(=O)c1ccc(O)cc1F. The maximum Gasteiger partial charge on any atom is 0.254 e. The molecule has 0 aromatic heterocycles. The van der Waals surface area contributed by atoms with Gasteiger partial charge in [-0.15, -0.1) is 0 Å². The molecule has 0 spiro atoms. The molecule has 1 aromatic carbocycles. The smallest absolute Gasteiger partial charge is 0.254 e. The van der Waals surface area contributed by atoms with E-state index < -0.39 is 11.7 Å². The third-order valence-electron chi connectivity index (χ3n) is 2.89. The lowest BCUT2D eigenvalue weighted by atomic mass is 10.1. The molecule has 1 saturated heterocycles. The molecule has 2 rings (SSSR count). The molecule has 92 valence electrons. The summed E-state index contributed by atoms with van der Waals surface area (Å²) < 4.78 is 18.7. The van der Waals surface area contributed by atoms with Crippen molar-refractivity contribution in [3.63, 3.8) is 0 Å². The van der Waals surface area contributed by atoms with Crippen LogP contribution in [0.3, 0.4) is 0 Å². The zero-order chi connectivity index (χ0) is 12.4. The van der Waals surface area contributed by atoms with Gasteiger partial charge in [-0.05, 0) is 25.5 Å². The summed E-state index contributed by atoms with van der Waals surface area (Å²) in [4.78, 5) is 11.8. The number of ether oxygens (including phenoxy) is 1. The molecule has 2 N–H and O–H groups in total. The van der Waals surface area contributed by atoms with Crippen LogP contribution in [0.2, 0.25) is 0 Å². The first-order chi connectivity index (χ1) is 8.08. The molecule has 4 nitrogen and oxygen atoms in total. The number of carbonyl (C=O) groups excluding carboxylic acids is 1. The predicted octanol–water partition coefficient (Wildman–Crippen LogP) is 1.44. The van der Waals surface area contributed by atoms with E-state index in [0.29, 0.717) is 6.61 Å². The van der Waals surface area contributed by atoms with E-state index >= 15 is 0 Å². The Hall–Kier alpha value is -1.62. The van der Waals surface area contributed by atoms with Gasteiger partial charge in [0.05, 0.1) is 17.7 Å². The standard InChI is InChI=1S/C12H14FNO3/c1-7-11(4-5-17-7)14-12(16)9-3-2-8(15)6-10(9)13/h2-3,6-7,11,15H,4-5H2,1H3,(H,14,16)/t7-,11-/m0/s1. The van der Waals surface area contributed by atoms with Crippen molar-refractivity contribution >= 4 is 5.91 Å². The number of carbonyl (C=O) groups is 1. The Labute approximate surface area is 98.4 Å². The third kappa shape index (κ3) is 2.55. The van der Waals surface area contributed by atoms with Gasteiger partial charge < -0.3 is 15.2 Å². The second-order valence-corrected chi connectivity index (χ2v) is 4.11. The summed E-state index contributed by atoms with van der Waals surface area (Å²) in [6.45, 7) is 2.47. The van der Waals surface area contributed by atoms with Crippen LogP contribution in [-0.4, -0.2) is 29.8 Å². The lowest BCUT2D eigenvalue weighted by molar-refractivity contribution is 0.0862. The molecule has 0 bridgehead atoms. The highest BCUT2D eigenvalue weighted by Gasteiger charge is 2.26. The van der Waals surface area contributed by atoms with Gasteiger partial charge in [-0.2, -0.15) is 0 Å². The molecule has 17 heavy (non-hydrogen) atoms. The highest BCUT2D eigenvalue weighted by molar-refractivity contribution is 5.94. The number of rotatable bonds is 2.